The van der Waals surface area contributed by atoms with Crippen LogP contribution in [0.25, 0.3) is 0 Å². The summed E-state index contributed by atoms with van der Waals surface area (Å²) < 4.78 is 12.2. The van der Waals surface area contributed by atoms with E-state index in [0.29, 0.717) is 31.3 Å². The average molecular weight is 419 g/mol. The lowest BCUT2D eigenvalue weighted by Crippen LogP contribution is -2.06. The summed E-state index contributed by atoms with van der Waals surface area (Å²) in [5, 5.41) is 6.10. The molecule has 6 heteroatoms. The van der Waals surface area contributed by atoms with Crippen molar-refractivity contribution in [1.29, 1.82) is 0 Å². The minimum atomic E-state index is -0.0854. The molecular weight excluding hydrogens is 396 g/mol. The Hall–Kier alpha value is -2.47. The van der Waals surface area contributed by atoms with Gasteiger partial charge in [-0.15, -0.1) is 0 Å². The number of rotatable bonds is 9. The summed E-state index contributed by atoms with van der Waals surface area (Å²) in [5.74, 6) is 1.29. The van der Waals surface area contributed by atoms with Crippen molar-refractivity contribution in [3.8, 4) is 11.5 Å². The fourth-order valence-electron chi connectivity index (χ4n) is 2.35. The van der Waals surface area contributed by atoms with Crippen LogP contribution in [0.5, 0.6) is 11.5 Å². The number of carbonyl (C=O) groups excluding carboxylic acids is 1. The summed E-state index contributed by atoms with van der Waals surface area (Å²) in [6, 6.07) is 11.5. The van der Waals surface area contributed by atoms with Gasteiger partial charge < -0.3 is 20.1 Å². The fourth-order valence-corrected chi connectivity index (χ4v) is 2.95. The molecule has 5 nitrogen and oxygen atoms in total. The second-order valence-corrected chi connectivity index (χ2v) is 6.40. The third-order valence-corrected chi connectivity index (χ3v) is 4.01. The molecule has 0 radical (unpaired) electrons. The Balaban J connectivity index is 2.08. The first-order valence-corrected chi connectivity index (χ1v) is 9.13. The van der Waals surface area contributed by atoms with Crippen LogP contribution in [-0.4, -0.2) is 19.1 Å². The molecule has 0 fully saturated rings. The van der Waals surface area contributed by atoms with E-state index in [9.17, 15) is 4.79 Å². The molecule has 0 heterocycles. The Morgan fingerprint density at radius 1 is 1.19 bits per heavy atom. The Labute approximate surface area is 162 Å². The quantitative estimate of drug-likeness (QED) is 0.563. The zero-order valence-corrected chi connectivity index (χ0v) is 16.6. The molecule has 0 aliphatic rings. The van der Waals surface area contributed by atoms with Crippen LogP contribution < -0.4 is 20.1 Å². The summed E-state index contributed by atoms with van der Waals surface area (Å²) in [6.07, 6.45) is 1.70. The van der Waals surface area contributed by atoms with Crippen molar-refractivity contribution in [2.24, 2.45) is 0 Å². The Bertz CT molecular complexity index is 760. The zero-order chi connectivity index (χ0) is 18.9. The first-order chi connectivity index (χ1) is 12.5. The summed E-state index contributed by atoms with van der Waals surface area (Å²) in [6.45, 7) is 8.69. The van der Waals surface area contributed by atoms with Crippen molar-refractivity contribution in [1.82, 2.24) is 0 Å². The molecule has 0 saturated carbocycles. The summed E-state index contributed by atoms with van der Waals surface area (Å²) >= 11 is 3.55. The van der Waals surface area contributed by atoms with Gasteiger partial charge in [0.05, 0.1) is 11.1 Å². The maximum Gasteiger partial charge on any atom is 0.221 e. The van der Waals surface area contributed by atoms with Crippen LogP contribution >= 0.6 is 15.9 Å². The maximum absolute atomic E-state index is 11.1. The second-order valence-electron chi connectivity index (χ2n) is 5.55. The molecule has 1 amide bonds. The number of nitrogens with one attached hydrogen (secondary N) is 2. The Morgan fingerprint density at radius 3 is 2.50 bits per heavy atom. The van der Waals surface area contributed by atoms with Gasteiger partial charge in [-0.1, -0.05) is 12.7 Å². The van der Waals surface area contributed by atoms with Crippen molar-refractivity contribution in [2.75, 3.05) is 23.8 Å². The van der Waals surface area contributed by atoms with Gasteiger partial charge in [0.15, 0.2) is 11.5 Å². The van der Waals surface area contributed by atoms with Gasteiger partial charge in [-0.25, -0.2) is 0 Å². The largest absolute Gasteiger partial charge is 0.490 e. The lowest BCUT2D eigenvalue weighted by atomic mass is 10.2. The lowest BCUT2D eigenvalue weighted by Gasteiger charge is -2.15. The number of amides is 1. The highest BCUT2D eigenvalue weighted by Crippen LogP contribution is 2.37. The number of hydrogen-bond donors (Lipinski definition) is 2. The van der Waals surface area contributed by atoms with Crippen molar-refractivity contribution >= 4 is 33.2 Å². The van der Waals surface area contributed by atoms with E-state index in [1.807, 2.05) is 43.3 Å². The van der Waals surface area contributed by atoms with E-state index in [2.05, 4.69) is 33.1 Å². The molecular formula is C20H23BrN2O3. The van der Waals surface area contributed by atoms with Crippen molar-refractivity contribution in [2.45, 2.75) is 20.4 Å². The first kappa shape index (κ1) is 19.8. The molecule has 0 aliphatic carbocycles. The van der Waals surface area contributed by atoms with Crippen LogP contribution in [0.15, 0.2) is 53.5 Å². The molecule has 26 heavy (non-hydrogen) atoms. The van der Waals surface area contributed by atoms with Gasteiger partial charge in [0.25, 0.3) is 0 Å². The molecule has 0 aromatic heterocycles. The smallest absolute Gasteiger partial charge is 0.221 e. The average Bonchev–Trinajstić information content (AvgIpc) is 2.60. The number of carbonyl (C=O) groups is 1. The van der Waals surface area contributed by atoms with Crippen LogP contribution in [0.3, 0.4) is 0 Å². The number of halogens is 1. The molecule has 2 aromatic carbocycles. The Morgan fingerprint density at radius 2 is 1.88 bits per heavy atom. The number of benzene rings is 2. The predicted octanol–water partition coefficient (Wildman–Crippen LogP) is 4.98. The molecule has 2 N–H and O–H groups in total. The van der Waals surface area contributed by atoms with E-state index >= 15 is 0 Å². The van der Waals surface area contributed by atoms with Crippen molar-refractivity contribution in [3.63, 3.8) is 0 Å². The molecule has 0 spiro atoms. The number of anilines is 2. The standard InChI is InChI=1S/C20H23BrN2O3/c1-4-10-26-20-18(21)11-15(12-19(20)25-5-2)13-22-16-6-8-17(9-7-16)23-14(3)24/h4,6-9,11-12,22H,1,5,10,13H2,2-3H3,(H,23,24). The molecule has 2 rings (SSSR count). The van der Waals surface area contributed by atoms with E-state index in [1.54, 1.807) is 6.08 Å². The van der Waals surface area contributed by atoms with Crippen LogP contribution in [0, 0.1) is 0 Å². The van der Waals surface area contributed by atoms with E-state index in [1.165, 1.54) is 6.92 Å². The minimum absolute atomic E-state index is 0.0854. The summed E-state index contributed by atoms with van der Waals surface area (Å²) in [5.41, 5.74) is 2.78. The monoisotopic (exact) mass is 418 g/mol. The highest BCUT2D eigenvalue weighted by Gasteiger charge is 2.12. The molecule has 2 aromatic rings. The third kappa shape index (κ3) is 5.81. The van der Waals surface area contributed by atoms with Gasteiger partial charge in [-0.2, -0.15) is 0 Å². The first-order valence-electron chi connectivity index (χ1n) is 8.34. The highest BCUT2D eigenvalue weighted by molar-refractivity contribution is 9.10. The van der Waals surface area contributed by atoms with Gasteiger partial charge in [-0.05, 0) is 64.8 Å². The Kier molecular flexibility index (Phi) is 7.53. The van der Waals surface area contributed by atoms with E-state index in [0.717, 1.165) is 21.4 Å². The molecule has 0 aliphatic heterocycles. The van der Waals surface area contributed by atoms with Crippen LogP contribution in [0.4, 0.5) is 11.4 Å². The van der Waals surface area contributed by atoms with E-state index in [-0.39, 0.29) is 5.91 Å². The molecule has 138 valence electrons. The van der Waals surface area contributed by atoms with Crippen LogP contribution in [0.1, 0.15) is 19.4 Å². The summed E-state index contributed by atoms with van der Waals surface area (Å²) in [7, 11) is 0. The number of ether oxygens (including phenoxy) is 2. The van der Waals surface area contributed by atoms with Gasteiger partial charge >= 0.3 is 0 Å². The summed E-state index contributed by atoms with van der Waals surface area (Å²) in [4.78, 5) is 11.1. The van der Waals surface area contributed by atoms with Gasteiger partial charge in [0.2, 0.25) is 5.91 Å². The minimum Gasteiger partial charge on any atom is -0.490 e. The predicted molar refractivity (Wildman–Crippen MR) is 109 cm³/mol. The van der Waals surface area contributed by atoms with Crippen molar-refractivity contribution < 1.29 is 14.3 Å². The van der Waals surface area contributed by atoms with Crippen LogP contribution in [0.2, 0.25) is 0 Å². The van der Waals surface area contributed by atoms with E-state index in [4.69, 9.17) is 9.47 Å². The molecule has 0 unspecified atom stereocenters. The lowest BCUT2D eigenvalue weighted by molar-refractivity contribution is -0.114. The maximum atomic E-state index is 11.1. The fraction of sp³-hybridized carbons (Fsp3) is 0.250. The third-order valence-electron chi connectivity index (χ3n) is 3.42. The second kappa shape index (κ2) is 9.87. The SMILES string of the molecule is C=CCOc1c(Br)cc(CNc2ccc(NC(C)=O)cc2)cc1OCC. The molecule has 0 atom stereocenters. The molecule has 0 saturated heterocycles. The van der Waals surface area contributed by atoms with Crippen molar-refractivity contribution in [3.05, 3.63) is 59.1 Å². The van der Waals surface area contributed by atoms with E-state index < -0.39 is 0 Å². The normalized spacial score (nSPS) is 10.1. The number of hydrogen-bond acceptors (Lipinski definition) is 4. The van der Waals surface area contributed by atoms with Gasteiger partial charge in [0.1, 0.15) is 6.61 Å². The van der Waals surface area contributed by atoms with Gasteiger partial charge in [-0.3, -0.25) is 4.79 Å². The van der Waals surface area contributed by atoms with Gasteiger partial charge in [0, 0.05) is 24.8 Å². The highest BCUT2D eigenvalue weighted by atomic mass is 79.9. The zero-order valence-electron chi connectivity index (χ0n) is 15.0. The molecule has 0 bridgehead atoms. The van der Waals surface area contributed by atoms with Crippen LogP contribution in [-0.2, 0) is 11.3 Å². The topological polar surface area (TPSA) is 59.6 Å².